The second kappa shape index (κ2) is 6.01. The van der Waals surface area contributed by atoms with Crippen LogP contribution in [0, 0.1) is 11.2 Å². The van der Waals surface area contributed by atoms with Crippen LogP contribution in [0.1, 0.15) is 26.2 Å². The molecule has 2 rings (SSSR count). The maximum absolute atomic E-state index is 13.4. The lowest BCUT2D eigenvalue weighted by molar-refractivity contribution is -0.125. The molecule has 3 nitrogen and oxygen atoms in total. The Morgan fingerprint density at radius 2 is 2.37 bits per heavy atom. The zero-order valence-electron chi connectivity index (χ0n) is 10.9. The van der Waals surface area contributed by atoms with Gasteiger partial charge in [0.25, 0.3) is 0 Å². The summed E-state index contributed by atoms with van der Waals surface area (Å²) in [5.74, 6) is -0.382. The summed E-state index contributed by atoms with van der Waals surface area (Å²) in [6.45, 7) is 3.64. The molecule has 1 amide bonds. The molecule has 104 valence electrons. The summed E-state index contributed by atoms with van der Waals surface area (Å²) in [6, 6.07) is 4.64. The van der Waals surface area contributed by atoms with Crippen molar-refractivity contribution in [2.24, 2.45) is 5.41 Å². The van der Waals surface area contributed by atoms with Gasteiger partial charge in [0, 0.05) is 12.2 Å². The number of carbonyl (C=O) groups is 1. The lowest BCUT2D eigenvalue weighted by Gasteiger charge is -2.26. The summed E-state index contributed by atoms with van der Waals surface area (Å²) >= 11 is 3.10. The van der Waals surface area contributed by atoms with Crippen molar-refractivity contribution in [2.75, 3.05) is 18.4 Å². The first-order chi connectivity index (χ1) is 9.07. The predicted octanol–water partition coefficient (Wildman–Crippen LogP) is 3.31. The molecule has 19 heavy (non-hydrogen) atoms. The molecule has 1 saturated heterocycles. The van der Waals surface area contributed by atoms with Crippen LogP contribution < -0.4 is 10.6 Å². The van der Waals surface area contributed by atoms with Crippen LogP contribution in [0.15, 0.2) is 22.7 Å². The highest BCUT2D eigenvalue weighted by Gasteiger charge is 2.40. The quantitative estimate of drug-likeness (QED) is 0.890. The standard InChI is InChI=1S/C14H18BrFN2O/c1-2-5-14(6-7-17-9-14)13(19)18-10-3-4-11(15)12(16)8-10/h3-4,8,17H,2,5-7,9H2,1H3,(H,18,19). The third-order valence-corrected chi connectivity index (χ3v) is 4.27. The van der Waals surface area contributed by atoms with Crippen LogP contribution in [0.25, 0.3) is 0 Å². The van der Waals surface area contributed by atoms with Crippen molar-refractivity contribution in [3.63, 3.8) is 0 Å². The van der Waals surface area contributed by atoms with Gasteiger partial charge in [-0.3, -0.25) is 4.79 Å². The fraction of sp³-hybridized carbons (Fsp3) is 0.500. The number of nitrogens with one attached hydrogen (secondary N) is 2. The molecule has 0 aromatic heterocycles. The smallest absolute Gasteiger partial charge is 0.231 e. The van der Waals surface area contributed by atoms with E-state index in [2.05, 4.69) is 33.5 Å². The number of halogens is 2. The molecule has 1 aromatic rings. The van der Waals surface area contributed by atoms with Gasteiger partial charge in [-0.05, 0) is 53.5 Å². The van der Waals surface area contributed by atoms with E-state index in [-0.39, 0.29) is 17.1 Å². The average molecular weight is 329 g/mol. The Kier molecular flexibility index (Phi) is 4.58. The Morgan fingerprint density at radius 1 is 1.58 bits per heavy atom. The summed E-state index contributed by atoms with van der Waals surface area (Å²) in [5, 5.41) is 6.08. The topological polar surface area (TPSA) is 41.1 Å². The number of hydrogen-bond donors (Lipinski definition) is 2. The Balaban J connectivity index is 2.12. The van der Waals surface area contributed by atoms with Crippen LogP contribution in [-0.4, -0.2) is 19.0 Å². The van der Waals surface area contributed by atoms with E-state index >= 15 is 0 Å². The van der Waals surface area contributed by atoms with Gasteiger partial charge in [0.2, 0.25) is 5.91 Å². The fourth-order valence-electron chi connectivity index (χ4n) is 2.58. The van der Waals surface area contributed by atoms with Crippen molar-refractivity contribution in [1.29, 1.82) is 0 Å². The minimum atomic E-state index is -0.369. The van der Waals surface area contributed by atoms with Crippen LogP contribution in [-0.2, 0) is 4.79 Å². The first-order valence-corrected chi connectivity index (χ1v) is 7.34. The van der Waals surface area contributed by atoms with E-state index in [1.165, 1.54) is 6.07 Å². The van der Waals surface area contributed by atoms with Crippen LogP contribution in [0.3, 0.4) is 0 Å². The van der Waals surface area contributed by atoms with Gasteiger partial charge < -0.3 is 10.6 Å². The molecule has 1 aliphatic heterocycles. The van der Waals surface area contributed by atoms with E-state index in [0.29, 0.717) is 16.7 Å². The van der Waals surface area contributed by atoms with Crippen LogP contribution >= 0.6 is 15.9 Å². The average Bonchev–Trinajstić information content (AvgIpc) is 2.84. The molecule has 1 aromatic carbocycles. The molecular formula is C14H18BrFN2O. The molecular weight excluding hydrogens is 311 g/mol. The second-order valence-corrected chi connectivity index (χ2v) is 5.89. The van der Waals surface area contributed by atoms with Crippen molar-refractivity contribution < 1.29 is 9.18 Å². The van der Waals surface area contributed by atoms with Gasteiger partial charge in [-0.15, -0.1) is 0 Å². The van der Waals surface area contributed by atoms with Crippen molar-refractivity contribution in [2.45, 2.75) is 26.2 Å². The first-order valence-electron chi connectivity index (χ1n) is 6.54. The molecule has 0 radical (unpaired) electrons. The highest BCUT2D eigenvalue weighted by Crippen LogP contribution is 2.32. The van der Waals surface area contributed by atoms with Gasteiger partial charge in [-0.25, -0.2) is 4.39 Å². The van der Waals surface area contributed by atoms with E-state index < -0.39 is 0 Å². The number of amides is 1. The van der Waals surface area contributed by atoms with Crippen LogP contribution in [0.5, 0.6) is 0 Å². The third-order valence-electron chi connectivity index (χ3n) is 3.63. The van der Waals surface area contributed by atoms with E-state index in [1.807, 2.05) is 0 Å². The summed E-state index contributed by atoms with van der Waals surface area (Å²) in [4.78, 5) is 12.4. The number of anilines is 1. The maximum atomic E-state index is 13.4. The molecule has 2 N–H and O–H groups in total. The molecule has 1 unspecified atom stereocenters. The van der Waals surface area contributed by atoms with Crippen molar-refractivity contribution in [3.8, 4) is 0 Å². The number of rotatable bonds is 4. The van der Waals surface area contributed by atoms with Gasteiger partial charge in [0.1, 0.15) is 5.82 Å². The fourth-order valence-corrected chi connectivity index (χ4v) is 2.83. The molecule has 1 aliphatic rings. The molecule has 1 heterocycles. The zero-order chi connectivity index (χ0) is 13.9. The molecule has 0 aliphatic carbocycles. The summed E-state index contributed by atoms with van der Waals surface area (Å²) in [7, 11) is 0. The Labute approximate surface area is 121 Å². The summed E-state index contributed by atoms with van der Waals surface area (Å²) in [6.07, 6.45) is 2.65. The number of benzene rings is 1. The Morgan fingerprint density at radius 3 is 2.95 bits per heavy atom. The largest absolute Gasteiger partial charge is 0.325 e. The van der Waals surface area contributed by atoms with Gasteiger partial charge in [0.15, 0.2) is 0 Å². The summed E-state index contributed by atoms with van der Waals surface area (Å²) in [5.41, 5.74) is 0.159. The van der Waals surface area contributed by atoms with Crippen molar-refractivity contribution in [1.82, 2.24) is 5.32 Å². The maximum Gasteiger partial charge on any atom is 0.231 e. The number of hydrogen-bond acceptors (Lipinski definition) is 2. The molecule has 0 spiro atoms. The Hall–Kier alpha value is -0.940. The van der Waals surface area contributed by atoms with E-state index in [4.69, 9.17) is 0 Å². The van der Waals surface area contributed by atoms with Crippen molar-refractivity contribution in [3.05, 3.63) is 28.5 Å². The Bertz CT molecular complexity index is 473. The lowest BCUT2D eigenvalue weighted by atomic mass is 9.81. The molecule has 1 fully saturated rings. The highest BCUT2D eigenvalue weighted by atomic mass is 79.9. The normalized spacial score (nSPS) is 22.5. The lowest BCUT2D eigenvalue weighted by Crippen LogP contribution is -2.38. The van der Waals surface area contributed by atoms with E-state index in [0.717, 1.165) is 25.8 Å². The molecule has 0 saturated carbocycles. The van der Waals surface area contributed by atoms with E-state index in [9.17, 15) is 9.18 Å². The van der Waals surface area contributed by atoms with Gasteiger partial charge in [-0.2, -0.15) is 0 Å². The summed E-state index contributed by atoms with van der Waals surface area (Å²) < 4.78 is 13.8. The third kappa shape index (κ3) is 3.15. The number of carbonyl (C=O) groups excluding carboxylic acids is 1. The molecule has 0 bridgehead atoms. The highest BCUT2D eigenvalue weighted by molar-refractivity contribution is 9.10. The van der Waals surface area contributed by atoms with Gasteiger partial charge in [-0.1, -0.05) is 13.3 Å². The van der Waals surface area contributed by atoms with Crippen LogP contribution in [0.4, 0.5) is 10.1 Å². The minimum absolute atomic E-state index is 0.0129. The molecule has 5 heteroatoms. The van der Waals surface area contributed by atoms with Crippen LogP contribution in [0.2, 0.25) is 0 Å². The molecule has 1 atom stereocenters. The zero-order valence-corrected chi connectivity index (χ0v) is 12.5. The van der Waals surface area contributed by atoms with Gasteiger partial charge >= 0.3 is 0 Å². The van der Waals surface area contributed by atoms with Crippen molar-refractivity contribution >= 4 is 27.5 Å². The predicted molar refractivity (Wildman–Crippen MR) is 77.6 cm³/mol. The SMILES string of the molecule is CCCC1(C(=O)Nc2ccc(Br)c(F)c2)CCNC1. The minimum Gasteiger partial charge on any atom is -0.325 e. The van der Waals surface area contributed by atoms with Gasteiger partial charge in [0.05, 0.1) is 9.89 Å². The van der Waals surface area contributed by atoms with E-state index in [1.54, 1.807) is 12.1 Å². The monoisotopic (exact) mass is 328 g/mol. The first kappa shape index (κ1) is 14.5. The second-order valence-electron chi connectivity index (χ2n) is 5.04.